The van der Waals surface area contributed by atoms with Crippen LogP contribution in [-0.4, -0.2) is 19.5 Å². The molecule has 6 heteroatoms. The van der Waals surface area contributed by atoms with Gasteiger partial charge in [-0.1, -0.05) is 39.0 Å². The predicted molar refractivity (Wildman–Crippen MR) is 104 cm³/mol. The van der Waals surface area contributed by atoms with Gasteiger partial charge in [0.1, 0.15) is 0 Å². The van der Waals surface area contributed by atoms with E-state index in [1.165, 1.54) is 25.7 Å². The van der Waals surface area contributed by atoms with Crippen LogP contribution < -0.4 is 11.2 Å². The highest BCUT2D eigenvalue weighted by molar-refractivity contribution is 5.81. The number of aromatic amines is 1. The summed E-state index contributed by atoms with van der Waals surface area (Å²) in [5.74, 6) is 0.378. The van der Waals surface area contributed by atoms with Crippen LogP contribution in [0.4, 0.5) is 0 Å². The lowest BCUT2D eigenvalue weighted by Gasteiger charge is -2.17. The Balaban J connectivity index is 2.05. The highest BCUT2D eigenvalue weighted by Crippen LogP contribution is 2.24. The van der Waals surface area contributed by atoms with Crippen molar-refractivity contribution in [2.75, 3.05) is 0 Å². The average molecular weight is 354 g/mol. The Morgan fingerprint density at radius 3 is 2.42 bits per heavy atom. The fraction of sp³-hybridized carbons (Fsp3) is 0.500. The molecule has 6 nitrogen and oxygen atoms in total. The first kappa shape index (κ1) is 18.3. The number of aromatic nitrogens is 4. The molecular weight excluding hydrogens is 328 g/mol. The molecule has 2 aliphatic heterocycles. The molecule has 1 N–H and O–H groups in total. The number of nitrogens with one attached hydrogen (secondary N) is 1. The number of aryl methyl sites for hydroxylation is 3. The van der Waals surface area contributed by atoms with Crippen LogP contribution in [0.3, 0.4) is 0 Å². The maximum atomic E-state index is 12.2. The highest BCUT2D eigenvalue weighted by atomic mass is 16.2. The largest absolute Gasteiger partial charge is 0.349 e. The number of nitrogens with zero attached hydrogens (tertiary/aromatic N) is 3. The summed E-state index contributed by atoms with van der Waals surface area (Å²) in [6, 6.07) is 4.06. The Hall–Kier alpha value is -2.50. The van der Waals surface area contributed by atoms with Gasteiger partial charge in [-0.2, -0.15) is 4.98 Å². The molecule has 138 valence electrons. The number of fused-ring (bicyclic) bond motifs is 2. The van der Waals surface area contributed by atoms with Crippen molar-refractivity contribution < 1.29 is 0 Å². The highest BCUT2D eigenvalue weighted by Gasteiger charge is 2.18. The summed E-state index contributed by atoms with van der Waals surface area (Å²) in [4.78, 5) is 34.7. The molecule has 26 heavy (non-hydrogen) atoms. The second-order valence-corrected chi connectivity index (χ2v) is 7.00. The SMILES string of the molecule is CCCCCCCCn1c2nc(=O)[nH]c(=O)c-2nc2cc(C)c(C)cc21. The van der Waals surface area contributed by atoms with Crippen LogP contribution in [0, 0.1) is 13.8 Å². The monoisotopic (exact) mass is 354 g/mol. The van der Waals surface area contributed by atoms with Crippen LogP contribution in [0.25, 0.3) is 22.6 Å². The molecule has 0 aliphatic carbocycles. The van der Waals surface area contributed by atoms with Gasteiger partial charge in [0.05, 0.1) is 11.0 Å². The molecule has 0 saturated carbocycles. The van der Waals surface area contributed by atoms with Gasteiger partial charge in [0.25, 0.3) is 5.56 Å². The number of H-pyrrole nitrogens is 1. The van der Waals surface area contributed by atoms with Gasteiger partial charge < -0.3 is 4.57 Å². The zero-order valence-electron chi connectivity index (χ0n) is 15.8. The van der Waals surface area contributed by atoms with Crippen LogP contribution in [0.1, 0.15) is 56.6 Å². The Morgan fingerprint density at radius 1 is 0.962 bits per heavy atom. The summed E-state index contributed by atoms with van der Waals surface area (Å²) in [6.07, 6.45) is 7.05. The van der Waals surface area contributed by atoms with Crippen LogP contribution in [0.2, 0.25) is 0 Å². The van der Waals surface area contributed by atoms with E-state index in [-0.39, 0.29) is 5.69 Å². The topological polar surface area (TPSA) is 80.6 Å². The Morgan fingerprint density at radius 2 is 1.65 bits per heavy atom. The van der Waals surface area contributed by atoms with E-state index in [2.05, 4.69) is 34.9 Å². The van der Waals surface area contributed by atoms with Gasteiger partial charge in [0.15, 0.2) is 11.5 Å². The molecule has 0 radical (unpaired) electrons. The smallest absolute Gasteiger partial charge is 0.322 e. The first-order valence-corrected chi connectivity index (χ1v) is 9.43. The van der Waals surface area contributed by atoms with Gasteiger partial charge in [-0.25, -0.2) is 9.78 Å². The van der Waals surface area contributed by atoms with Gasteiger partial charge in [-0.15, -0.1) is 0 Å². The van der Waals surface area contributed by atoms with E-state index in [9.17, 15) is 9.59 Å². The van der Waals surface area contributed by atoms with Gasteiger partial charge >= 0.3 is 5.69 Å². The summed E-state index contributed by atoms with van der Waals surface area (Å²) >= 11 is 0. The van der Waals surface area contributed by atoms with Crippen LogP contribution in [0.5, 0.6) is 0 Å². The molecule has 2 heterocycles. The van der Waals surface area contributed by atoms with Crippen molar-refractivity contribution in [1.82, 2.24) is 19.5 Å². The van der Waals surface area contributed by atoms with Crippen molar-refractivity contribution in [2.45, 2.75) is 65.8 Å². The lowest BCUT2D eigenvalue weighted by Crippen LogP contribution is -2.29. The van der Waals surface area contributed by atoms with Crippen LogP contribution >= 0.6 is 0 Å². The minimum Gasteiger partial charge on any atom is -0.322 e. The minimum atomic E-state index is -0.621. The lowest BCUT2D eigenvalue weighted by molar-refractivity contribution is 0.562. The van der Waals surface area contributed by atoms with E-state index in [0.717, 1.165) is 41.5 Å². The molecule has 0 amide bonds. The second-order valence-electron chi connectivity index (χ2n) is 7.00. The van der Waals surface area contributed by atoms with Crippen LogP contribution in [-0.2, 0) is 6.54 Å². The van der Waals surface area contributed by atoms with Gasteiger partial charge in [-0.3, -0.25) is 9.78 Å². The Kier molecular flexibility index (Phi) is 5.49. The maximum absolute atomic E-state index is 12.2. The quantitative estimate of drug-likeness (QED) is 0.519. The van der Waals surface area contributed by atoms with E-state index in [0.29, 0.717) is 5.82 Å². The number of rotatable bonds is 7. The molecule has 0 spiro atoms. The summed E-state index contributed by atoms with van der Waals surface area (Å²) in [5.41, 5.74) is 3.10. The van der Waals surface area contributed by atoms with E-state index in [1.54, 1.807) is 0 Å². The van der Waals surface area contributed by atoms with E-state index in [4.69, 9.17) is 0 Å². The first-order valence-electron chi connectivity index (χ1n) is 9.43. The number of hydrogen-bond acceptors (Lipinski definition) is 4. The number of benzene rings is 1. The molecule has 3 rings (SSSR count). The summed E-state index contributed by atoms with van der Waals surface area (Å²) in [7, 11) is 0. The average Bonchev–Trinajstić information content (AvgIpc) is 2.59. The van der Waals surface area contributed by atoms with Crippen molar-refractivity contribution in [2.24, 2.45) is 0 Å². The van der Waals surface area contributed by atoms with Crippen molar-refractivity contribution in [3.63, 3.8) is 0 Å². The molecule has 0 atom stereocenters. The van der Waals surface area contributed by atoms with Crippen molar-refractivity contribution >= 4 is 11.0 Å². The van der Waals surface area contributed by atoms with Crippen molar-refractivity contribution in [3.05, 3.63) is 44.1 Å². The Labute approximate surface area is 152 Å². The first-order chi connectivity index (χ1) is 12.5. The fourth-order valence-electron chi connectivity index (χ4n) is 3.33. The normalized spacial score (nSPS) is 11.5. The molecule has 2 aliphatic rings. The van der Waals surface area contributed by atoms with E-state index >= 15 is 0 Å². The summed E-state index contributed by atoms with van der Waals surface area (Å²) in [5, 5.41) is 0. The molecule has 0 bridgehead atoms. The van der Waals surface area contributed by atoms with E-state index in [1.807, 2.05) is 17.6 Å². The molecule has 1 aromatic rings. The molecule has 0 unspecified atom stereocenters. The Bertz CT molecular complexity index is 1000. The number of unbranched alkanes of at least 4 members (excludes halogenated alkanes) is 5. The van der Waals surface area contributed by atoms with Gasteiger partial charge in [0.2, 0.25) is 0 Å². The van der Waals surface area contributed by atoms with Crippen LogP contribution in [0.15, 0.2) is 21.7 Å². The standard InChI is InChI=1S/C20H26N4O2/c1-4-5-6-7-8-9-10-24-16-12-14(3)13(2)11-15(16)21-17-18(24)22-20(26)23-19(17)25/h11-12H,4-10H2,1-3H3,(H,23,25,26). The van der Waals surface area contributed by atoms with Crippen molar-refractivity contribution in [1.29, 1.82) is 0 Å². The second kappa shape index (κ2) is 7.81. The summed E-state index contributed by atoms with van der Waals surface area (Å²) < 4.78 is 1.99. The third-order valence-corrected chi connectivity index (χ3v) is 4.96. The van der Waals surface area contributed by atoms with Crippen molar-refractivity contribution in [3.8, 4) is 11.5 Å². The van der Waals surface area contributed by atoms with E-state index < -0.39 is 11.2 Å². The zero-order valence-corrected chi connectivity index (χ0v) is 15.8. The minimum absolute atomic E-state index is 0.228. The molecule has 1 aromatic carbocycles. The fourth-order valence-corrected chi connectivity index (χ4v) is 3.33. The zero-order chi connectivity index (χ0) is 18.7. The van der Waals surface area contributed by atoms with Gasteiger partial charge in [0, 0.05) is 6.54 Å². The summed E-state index contributed by atoms with van der Waals surface area (Å²) in [6.45, 7) is 7.01. The molecule has 0 fully saturated rings. The third kappa shape index (κ3) is 3.69. The lowest BCUT2D eigenvalue weighted by atomic mass is 10.1. The number of hydrogen-bond donors (Lipinski definition) is 1. The third-order valence-electron chi connectivity index (χ3n) is 4.96. The maximum Gasteiger partial charge on any atom is 0.349 e. The molecular formula is C20H26N4O2. The predicted octanol–water partition coefficient (Wildman–Crippen LogP) is 3.56. The molecule has 0 saturated heterocycles. The van der Waals surface area contributed by atoms with Gasteiger partial charge in [-0.05, 0) is 43.5 Å². The molecule has 0 aromatic heterocycles.